The van der Waals surface area contributed by atoms with Gasteiger partial charge in [0, 0.05) is 12.6 Å². The standard InChI is InChI=1S/C9H17NO/c1-10-5-4-7(6-11)8-2-3-9(8)10/h7-9,11H,2-6H2,1H3. The molecule has 1 aliphatic heterocycles. The van der Waals surface area contributed by atoms with Crippen LogP contribution in [-0.4, -0.2) is 36.2 Å². The zero-order valence-electron chi connectivity index (χ0n) is 7.16. The van der Waals surface area contributed by atoms with Crippen LogP contribution >= 0.6 is 0 Å². The van der Waals surface area contributed by atoms with Crippen LogP contribution in [-0.2, 0) is 0 Å². The molecule has 0 aromatic carbocycles. The summed E-state index contributed by atoms with van der Waals surface area (Å²) in [5.74, 6) is 1.43. The molecule has 1 saturated carbocycles. The van der Waals surface area contributed by atoms with Crippen molar-refractivity contribution in [3.05, 3.63) is 0 Å². The first-order chi connectivity index (χ1) is 5.33. The molecule has 1 saturated heterocycles. The third-order valence-corrected chi connectivity index (χ3v) is 3.55. The molecule has 2 rings (SSSR count). The Bertz CT molecular complexity index is 144. The lowest BCUT2D eigenvalue weighted by Gasteiger charge is -2.50. The van der Waals surface area contributed by atoms with E-state index in [-0.39, 0.29) is 0 Å². The maximum Gasteiger partial charge on any atom is 0.0462 e. The van der Waals surface area contributed by atoms with Crippen LogP contribution in [0.3, 0.4) is 0 Å². The van der Waals surface area contributed by atoms with Gasteiger partial charge in [0.2, 0.25) is 0 Å². The summed E-state index contributed by atoms with van der Waals surface area (Å²) < 4.78 is 0. The Morgan fingerprint density at radius 3 is 2.73 bits per heavy atom. The van der Waals surface area contributed by atoms with Gasteiger partial charge in [0.1, 0.15) is 0 Å². The number of likely N-dealkylation sites (tertiary alicyclic amines) is 1. The SMILES string of the molecule is CN1CCC(CO)C2CCC21. The summed E-state index contributed by atoms with van der Waals surface area (Å²) in [6, 6.07) is 0.806. The number of hydrogen-bond donors (Lipinski definition) is 1. The van der Waals surface area contributed by atoms with Gasteiger partial charge in [0.05, 0.1) is 0 Å². The second kappa shape index (κ2) is 2.76. The molecule has 3 atom stereocenters. The number of aliphatic hydroxyl groups excluding tert-OH is 1. The third-order valence-electron chi connectivity index (χ3n) is 3.55. The molecule has 64 valence electrons. The molecule has 0 spiro atoms. The summed E-state index contributed by atoms with van der Waals surface area (Å²) in [5.41, 5.74) is 0. The lowest BCUT2D eigenvalue weighted by atomic mass is 9.67. The molecule has 2 nitrogen and oxygen atoms in total. The van der Waals surface area contributed by atoms with Crippen LogP contribution < -0.4 is 0 Å². The summed E-state index contributed by atoms with van der Waals surface area (Å²) in [4.78, 5) is 2.46. The van der Waals surface area contributed by atoms with E-state index in [0.29, 0.717) is 12.5 Å². The van der Waals surface area contributed by atoms with Crippen molar-refractivity contribution in [1.82, 2.24) is 4.90 Å². The molecule has 1 N–H and O–H groups in total. The molecule has 0 aromatic rings. The maximum absolute atomic E-state index is 9.08. The average molecular weight is 155 g/mol. The fourth-order valence-electron chi connectivity index (χ4n) is 2.58. The Morgan fingerprint density at radius 1 is 1.36 bits per heavy atom. The first-order valence-corrected chi connectivity index (χ1v) is 4.64. The normalized spacial score (nSPS) is 44.7. The Kier molecular flexibility index (Phi) is 1.90. The van der Waals surface area contributed by atoms with Gasteiger partial charge in [0.25, 0.3) is 0 Å². The van der Waals surface area contributed by atoms with Crippen LogP contribution in [0.15, 0.2) is 0 Å². The largest absolute Gasteiger partial charge is 0.396 e. The summed E-state index contributed by atoms with van der Waals surface area (Å²) in [7, 11) is 2.21. The van der Waals surface area contributed by atoms with E-state index in [1.165, 1.54) is 25.8 Å². The zero-order chi connectivity index (χ0) is 7.84. The molecule has 2 fully saturated rings. The summed E-state index contributed by atoms with van der Waals surface area (Å²) in [6.07, 6.45) is 3.91. The molecule has 0 amide bonds. The lowest BCUT2D eigenvalue weighted by Crippen LogP contribution is -2.53. The fraction of sp³-hybridized carbons (Fsp3) is 1.00. The van der Waals surface area contributed by atoms with Gasteiger partial charge in [-0.2, -0.15) is 0 Å². The Morgan fingerprint density at radius 2 is 2.18 bits per heavy atom. The molecule has 2 heteroatoms. The van der Waals surface area contributed by atoms with E-state index in [1.807, 2.05) is 0 Å². The van der Waals surface area contributed by atoms with Crippen LogP contribution in [0.4, 0.5) is 0 Å². The van der Waals surface area contributed by atoms with Crippen LogP contribution in [0.5, 0.6) is 0 Å². The number of piperidine rings is 1. The topological polar surface area (TPSA) is 23.5 Å². The summed E-state index contributed by atoms with van der Waals surface area (Å²) in [5, 5.41) is 9.08. The zero-order valence-corrected chi connectivity index (χ0v) is 7.16. The molecule has 0 radical (unpaired) electrons. The maximum atomic E-state index is 9.08. The number of hydrogen-bond acceptors (Lipinski definition) is 2. The number of fused-ring (bicyclic) bond motifs is 1. The summed E-state index contributed by atoms with van der Waals surface area (Å²) in [6.45, 7) is 1.60. The fourth-order valence-corrected chi connectivity index (χ4v) is 2.58. The second-order valence-electron chi connectivity index (χ2n) is 4.02. The van der Waals surface area contributed by atoms with E-state index in [9.17, 15) is 0 Å². The van der Waals surface area contributed by atoms with Gasteiger partial charge in [-0.25, -0.2) is 0 Å². The average Bonchev–Trinajstić information content (AvgIpc) is 1.93. The van der Waals surface area contributed by atoms with Crippen LogP contribution in [0.25, 0.3) is 0 Å². The first-order valence-electron chi connectivity index (χ1n) is 4.64. The van der Waals surface area contributed by atoms with Crippen molar-refractivity contribution in [2.75, 3.05) is 20.2 Å². The number of rotatable bonds is 1. The molecular formula is C9H17NO. The van der Waals surface area contributed by atoms with E-state index < -0.39 is 0 Å². The van der Waals surface area contributed by atoms with Crippen molar-refractivity contribution >= 4 is 0 Å². The highest BCUT2D eigenvalue weighted by atomic mass is 16.3. The minimum absolute atomic E-state index is 0.412. The van der Waals surface area contributed by atoms with E-state index in [2.05, 4.69) is 11.9 Å². The van der Waals surface area contributed by atoms with Crippen molar-refractivity contribution in [3.63, 3.8) is 0 Å². The van der Waals surface area contributed by atoms with E-state index in [0.717, 1.165) is 12.0 Å². The second-order valence-corrected chi connectivity index (χ2v) is 4.02. The molecule has 0 bridgehead atoms. The van der Waals surface area contributed by atoms with E-state index in [1.54, 1.807) is 0 Å². The molecule has 2 aliphatic rings. The summed E-state index contributed by atoms with van der Waals surface area (Å²) >= 11 is 0. The molecule has 1 heterocycles. The van der Waals surface area contributed by atoms with Gasteiger partial charge in [-0.1, -0.05) is 0 Å². The molecule has 0 aromatic heterocycles. The van der Waals surface area contributed by atoms with Crippen molar-refractivity contribution in [2.45, 2.75) is 25.3 Å². The van der Waals surface area contributed by atoms with Gasteiger partial charge in [-0.15, -0.1) is 0 Å². The minimum Gasteiger partial charge on any atom is -0.396 e. The minimum atomic E-state index is 0.412. The van der Waals surface area contributed by atoms with Crippen LogP contribution in [0.2, 0.25) is 0 Å². The molecule has 3 unspecified atom stereocenters. The van der Waals surface area contributed by atoms with E-state index in [4.69, 9.17) is 5.11 Å². The number of aliphatic hydroxyl groups is 1. The van der Waals surface area contributed by atoms with Gasteiger partial charge in [-0.3, -0.25) is 0 Å². The Balaban J connectivity index is 1.99. The van der Waals surface area contributed by atoms with Gasteiger partial charge in [0.15, 0.2) is 0 Å². The van der Waals surface area contributed by atoms with Crippen LogP contribution in [0, 0.1) is 11.8 Å². The monoisotopic (exact) mass is 155 g/mol. The van der Waals surface area contributed by atoms with Gasteiger partial charge < -0.3 is 10.0 Å². The Hall–Kier alpha value is -0.0800. The lowest BCUT2D eigenvalue weighted by molar-refractivity contribution is -0.0247. The quantitative estimate of drug-likeness (QED) is 0.603. The highest BCUT2D eigenvalue weighted by molar-refractivity contribution is 4.95. The third kappa shape index (κ3) is 1.09. The predicted octanol–water partition coefficient (Wildman–Crippen LogP) is 0.709. The van der Waals surface area contributed by atoms with Gasteiger partial charge in [-0.05, 0) is 44.7 Å². The molecule has 1 aliphatic carbocycles. The smallest absolute Gasteiger partial charge is 0.0462 e. The van der Waals surface area contributed by atoms with Crippen molar-refractivity contribution in [1.29, 1.82) is 0 Å². The van der Waals surface area contributed by atoms with Gasteiger partial charge >= 0.3 is 0 Å². The van der Waals surface area contributed by atoms with Crippen LogP contribution in [0.1, 0.15) is 19.3 Å². The first kappa shape index (κ1) is 7.56. The highest BCUT2D eigenvalue weighted by Gasteiger charge is 2.41. The van der Waals surface area contributed by atoms with Crippen molar-refractivity contribution < 1.29 is 5.11 Å². The predicted molar refractivity (Wildman–Crippen MR) is 44.3 cm³/mol. The molecular weight excluding hydrogens is 138 g/mol. The van der Waals surface area contributed by atoms with Crippen molar-refractivity contribution in [2.24, 2.45) is 11.8 Å². The number of nitrogens with zero attached hydrogens (tertiary/aromatic N) is 1. The highest BCUT2D eigenvalue weighted by Crippen LogP contribution is 2.41. The molecule has 11 heavy (non-hydrogen) atoms. The Labute approximate surface area is 68.2 Å². The van der Waals surface area contributed by atoms with Crippen molar-refractivity contribution in [3.8, 4) is 0 Å². The van der Waals surface area contributed by atoms with E-state index >= 15 is 0 Å².